The lowest BCUT2D eigenvalue weighted by atomic mass is 10.1. The molecule has 2 nitrogen and oxygen atoms in total. The molecule has 0 fully saturated rings. The molecule has 2 N–H and O–H groups in total. The number of phenolic OH excluding ortho intramolecular Hbond substituents is 2. The van der Waals surface area contributed by atoms with E-state index in [0.717, 1.165) is 0 Å². The summed E-state index contributed by atoms with van der Waals surface area (Å²) in [5, 5.41) is 19.0. The topological polar surface area (TPSA) is 40.5 Å². The van der Waals surface area contributed by atoms with Crippen molar-refractivity contribution in [2.75, 3.05) is 0 Å². The van der Waals surface area contributed by atoms with E-state index in [1.54, 1.807) is 0 Å². The fraction of sp³-hybridized carbons (Fsp3) is 0. The van der Waals surface area contributed by atoms with Crippen LogP contribution in [-0.2, 0) is 0 Å². The van der Waals surface area contributed by atoms with Crippen LogP contribution in [0.1, 0.15) is 0 Å². The molecule has 0 atom stereocenters. The lowest BCUT2D eigenvalue weighted by Gasteiger charge is -2.13. The first-order valence-corrected chi connectivity index (χ1v) is 6.60. The van der Waals surface area contributed by atoms with Crippen molar-refractivity contribution < 1.29 is 10.2 Å². The number of hydrogen-bond acceptors (Lipinski definition) is 2. The third-order valence-corrected chi connectivity index (χ3v) is 4.98. The second-order valence-corrected chi connectivity index (χ2v) is 5.60. The molecule has 2 aromatic carbocycles. The molecule has 8 heteroatoms. The van der Waals surface area contributed by atoms with Gasteiger partial charge in [0.1, 0.15) is 21.5 Å². The maximum absolute atomic E-state index is 9.91. The Labute approximate surface area is 132 Å². The predicted octanol–water partition coefficient (Wildman–Crippen LogP) is 6.17. The summed E-state index contributed by atoms with van der Waals surface area (Å²) in [4.78, 5) is 0. The molecule has 2 aromatic rings. The first kappa shape index (κ1) is 14.4. The number of rotatable bonds is 0. The summed E-state index contributed by atoms with van der Waals surface area (Å²) in [6.45, 7) is 0. The van der Waals surface area contributed by atoms with E-state index < -0.39 is 11.5 Å². The third-order valence-electron chi connectivity index (χ3n) is 2.35. The van der Waals surface area contributed by atoms with E-state index in [-0.39, 0.29) is 40.9 Å². The lowest BCUT2D eigenvalue weighted by Crippen LogP contribution is -1.86. The Bertz CT molecular complexity index is 569. The lowest BCUT2D eigenvalue weighted by molar-refractivity contribution is 0.476. The van der Waals surface area contributed by atoms with Gasteiger partial charge in [0.2, 0.25) is 0 Å². The Morgan fingerprint density at radius 3 is 1.00 bits per heavy atom. The molecule has 0 spiro atoms. The maximum Gasteiger partial charge on any atom is 0.145 e. The average molecular weight is 367 g/mol. The monoisotopic (exact) mass is 364 g/mol. The van der Waals surface area contributed by atoms with E-state index in [1.165, 1.54) is 0 Å². The zero-order valence-electron chi connectivity index (χ0n) is 8.16. The Hall–Kier alpha value is 0.0400. The molecule has 18 heavy (non-hydrogen) atoms. The van der Waals surface area contributed by atoms with Crippen molar-refractivity contribution in [1.82, 2.24) is 0 Å². The Morgan fingerprint density at radius 1 is 0.444 bits per heavy atom. The summed E-state index contributed by atoms with van der Waals surface area (Å²) in [6, 6.07) is 0. The number of benzene rings is 2. The molecule has 0 aliphatic rings. The van der Waals surface area contributed by atoms with Crippen LogP contribution in [0, 0.1) is 0 Å². The van der Waals surface area contributed by atoms with Gasteiger partial charge in [-0.1, -0.05) is 69.6 Å². The van der Waals surface area contributed by atoms with E-state index >= 15 is 0 Å². The average Bonchev–Trinajstić information content (AvgIpc) is 2.35. The van der Waals surface area contributed by atoms with Gasteiger partial charge in [-0.15, -0.1) is 0 Å². The second kappa shape index (κ2) is 4.86. The van der Waals surface area contributed by atoms with Gasteiger partial charge in [-0.2, -0.15) is 0 Å². The normalized spacial score (nSPS) is 11.2. The van der Waals surface area contributed by atoms with Crippen LogP contribution in [0.5, 0.6) is 11.5 Å². The van der Waals surface area contributed by atoms with Crippen LogP contribution < -0.4 is 0 Å². The van der Waals surface area contributed by atoms with Gasteiger partial charge in [0, 0.05) is 0 Å². The van der Waals surface area contributed by atoms with Crippen LogP contribution in [0.3, 0.4) is 0 Å². The van der Waals surface area contributed by atoms with Crippen molar-refractivity contribution in [2.45, 2.75) is 0 Å². The second-order valence-electron chi connectivity index (χ2n) is 3.33. The van der Waals surface area contributed by atoms with Crippen molar-refractivity contribution >= 4 is 80.4 Å². The zero-order chi connectivity index (χ0) is 13.8. The first-order valence-electron chi connectivity index (χ1n) is 4.33. The van der Waals surface area contributed by atoms with E-state index in [2.05, 4.69) is 0 Å². The molecule has 0 heterocycles. The molecule has 0 saturated heterocycles. The minimum Gasteiger partial charge on any atom is -0.506 e. The highest BCUT2D eigenvalue weighted by atomic mass is 35.5. The van der Waals surface area contributed by atoms with Gasteiger partial charge < -0.3 is 10.2 Å². The fourth-order valence-electron chi connectivity index (χ4n) is 1.50. The zero-order valence-corrected chi connectivity index (χ0v) is 12.7. The van der Waals surface area contributed by atoms with Gasteiger partial charge in [0.25, 0.3) is 0 Å². The van der Waals surface area contributed by atoms with Crippen molar-refractivity contribution in [3.05, 3.63) is 30.1 Å². The van der Waals surface area contributed by atoms with Crippen molar-refractivity contribution in [1.29, 1.82) is 0 Å². The number of aromatic hydroxyl groups is 2. The number of hydrogen-bond donors (Lipinski definition) is 2. The summed E-state index contributed by atoms with van der Waals surface area (Å²) >= 11 is 35.2. The standard InChI is InChI=1S/C10H2Cl6O2/c11-3-1-2(10(18)8(16)5(3)13)4(12)6(14)7(15)9(1)17/h17-18H. The van der Waals surface area contributed by atoms with Crippen LogP contribution in [0.25, 0.3) is 10.8 Å². The first-order chi connectivity index (χ1) is 8.29. The van der Waals surface area contributed by atoms with Crippen molar-refractivity contribution in [2.24, 2.45) is 0 Å². The number of phenols is 2. The summed E-state index contributed by atoms with van der Waals surface area (Å²) in [6.07, 6.45) is 0. The molecule has 0 unspecified atom stereocenters. The van der Waals surface area contributed by atoms with Crippen LogP contribution in [0.4, 0.5) is 0 Å². The quantitative estimate of drug-likeness (QED) is 0.547. The number of halogens is 6. The molecular weight excluding hydrogens is 365 g/mol. The Balaban J connectivity index is 3.22. The highest BCUT2D eigenvalue weighted by Crippen LogP contribution is 2.53. The van der Waals surface area contributed by atoms with Gasteiger partial charge in [0.15, 0.2) is 0 Å². The minimum absolute atomic E-state index is 0.0111. The highest BCUT2D eigenvalue weighted by Gasteiger charge is 2.24. The van der Waals surface area contributed by atoms with E-state index in [4.69, 9.17) is 69.6 Å². The smallest absolute Gasteiger partial charge is 0.145 e. The molecule has 96 valence electrons. The Morgan fingerprint density at radius 2 is 0.722 bits per heavy atom. The molecule has 0 bridgehead atoms. The summed E-state index contributed by atoms with van der Waals surface area (Å²) in [5.74, 6) is -0.861. The summed E-state index contributed by atoms with van der Waals surface area (Å²) in [7, 11) is 0. The molecule has 0 amide bonds. The van der Waals surface area contributed by atoms with E-state index in [1.807, 2.05) is 0 Å². The van der Waals surface area contributed by atoms with Crippen LogP contribution in [0.15, 0.2) is 0 Å². The largest absolute Gasteiger partial charge is 0.506 e. The Kier molecular flexibility index (Phi) is 3.90. The van der Waals surface area contributed by atoms with Gasteiger partial charge >= 0.3 is 0 Å². The van der Waals surface area contributed by atoms with Gasteiger partial charge in [-0.3, -0.25) is 0 Å². The number of fused-ring (bicyclic) bond motifs is 1. The summed E-state index contributed by atoms with van der Waals surface area (Å²) < 4.78 is 0. The third kappa shape index (κ3) is 1.87. The molecule has 0 aliphatic heterocycles. The van der Waals surface area contributed by atoms with Gasteiger partial charge in [-0.25, -0.2) is 0 Å². The van der Waals surface area contributed by atoms with Crippen molar-refractivity contribution in [3.8, 4) is 11.5 Å². The minimum atomic E-state index is -0.431. The molecular formula is C10H2Cl6O2. The molecule has 0 aromatic heterocycles. The molecule has 0 aliphatic carbocycles. The molecule has 2 rings (SSSR count). The van der Waals surface area contributed by atoms with Crippen LogP contribution >= 0.6 is 69.6 Å². The SMILES string of the molecule is Oc1c(Cl)c(Cl)c(Cl)c2c(O)c(Cl)c(Cl)c(Cl)c12. The molecule has 0 radical (unpaired) electrons. The van der Waals surface area contributed by atoms with E-state index in [0.29, 0.717) is 0 Å². The predicted molar refractivity (Wildman–Crippen MR) is 77.3 cm³/mol. The summed E-state index contributed by atoms with van der Waals surface area (Å²) in [5.41, 5.74) is 0. The van der Waals surface area contributed by atoms with Crippen molar-refractivity contribution in [3.63, 3.8) is 0 Å². The fourth-order valence-corrected chi connectivity index (χ4v) is 2.90. The van der Waals surface area contributed by atoms with Crippen LogP contribution in [0.2, 0.25) is 30.1 Å². The maximum atomic E-state index is 9.91. The molecule has 0 saturated carbocycles. The van der Waals surface area contributed by atoms with Gasteiger partial charge in [0.05, 0.1) is 30.9 Å². The van der Waals surface area contributed by atoms with Gasteiger partial charge in [-0.05, 0) is 0 Å². The van der Waals surface area contributed by atoms with E-state index in [9.17, 15) is 10.2 Å². The van der Waals surface area contributed by atoms with Crippen LogP contribution in [-0.4, -0.2) is 10.2 Å². The highest BCUT2D eigenvalue weighted by molar-refractivity contribution is 6.56.